The number of aliphatic hydroxyl groups excluding tert-OH is 1. The minimum Gasteiger partial charge on any atom is -0.474 e. The number of hydrogen-bond acceptors (Lipinski definition) is 5. The monoisotopic (exact) mass is 509 g/mol. The molecule has 0 spiro atoms. The molecule has 5 rings (SSSR count). The highest BCUT2D eigenvalue weighted by atomic mass is 19.3. The molecule has 1 aliphatic heterocycles. The van der Waals surface area contributed by atoms with Crippen molar-refractivity contribution >= 4 is 16.7 Å². The first-order chi connectivity index (χ1) is 17.9. The molecule has 196 valence electrons. The van der Waals surface area contributed by atoms with Gasteiger partial charge in [-0.15, -0.1) is 0 Å². The van der Waals surface area contributed by atoms with Crippen molar-refractivity contribution in [2.75, 3.05) is 19.6 Å². The zero-order chi connectivity index (χ0) is 25.8. The van der Waals surface area contributed by atoms with E-state index in [-0.39, 0.29) is 19.1 Å². The van der Waals surface area contributed by atoms with Crippen molar-refractivity contribution in [2.24, 2.45) is 0 Å². The lowest BCUT2D eigenvalue weighted by molar-refractivity contribution is -0.148. The largest absolute Gasteiger partial charge is 0.474 e. The first-order valence-electron chi connectivity index (χ1n) is 13.1. The van der Waals surface area contributed by atoms with Crippen molar-refractivity contribution in [2.45, 2.75) is 62.7 Å². The molecule has 6 nitrogen and oxygen atoms in total. The number of ether oxygens (including phenoxy) is 1. The van der Waals surface area contributed by atoms with E-state index in [1.165, 1.54) is 6.20 Å². The number of carbonyl (C=O) groups excluding carboxylic acids is 1. The van der Waals surface area contributed by atoms with Crippen LogP contribution in [0, 0.1) is 0 Å². The molecule has 0 unspecified atom stereocenters. The summed E-state index contributed by atoms with van der Waals surface area (Å²) in [4.78, 5) is 19.1. The quantitative estimate of drug-likeness (QED) is 0.393. The van der Waals surface area contributed by atoms with Gasteiger partial charge in [0, 0.05) is 30.8 Å². The standard InChI is InChI=1S/C29H33F2N3O3/c30-29(31,14-13-20-7-8-21-5-1-2-6-22(21)17-20)28(36)33-25(19-34-15-3-4-16-34)27(35)23-9-12-26(32-18-23)37-24-10-11-24/h1-2,5-9,12,17-18,24-25,27,35H,3-4,10-11,13-16,19H2,(H,33,36)/t25-,27-/m1/s1. The van der Waals surface area contributed by atoms with E-state index in [1.807, 2.05) is 42.5 Å². The molecule has 0 bridgehead atoms. The Labute approximate surface area is 215 Å². The first kappa shape index (κ1) is 25.5. The van der Waals surface area contributed by atoms with Crippen molar-refractivity contribution in [3.8, 4) is 5.88 Å². The van der Waals surface area contributed by atoms with Crippen LogP contribution in [0.5, 0.6) is 5.88 Å². The molecule has 2 heterocycles. The summed E-state index contributed by atoms with van der Waals surface area (Å²) in [7, 11) is 0. The topological polar surface area (TPSA) is 74.7 Å². The second-order valence-electron chi connectivity index (χ2n) is 10.2. The fraction of sp³-hybridized carbons (Fsp3) is 0.448. The maximum atomic E-state index is 15.0. The van der Waals surface area contributed by atoms with E-state index in [2.05, 4.69) is 15.2 Å². The van der Waals surface area contributed by atoms with Gasteiger partial charge in [-0.25, -0.2) is 4.98 Å². The average molecular weight is 510 g/mol. The number of benzene rings is 2. The fourth-order valence-electron chi connectivity index (χ4n) is 4.78. The second kappa shape index (κ2) is 11.1. The minimum absolute atomic E-state index is 0.0664. The molecule has 2 fully saturated rings. The van der Waals surface area contributed by atoms with Crippen molar-refractivity contribution in [1.29, 1.82) is 0 Å². The number of aliphatic hydroxyl groups is 1. The highest BCUT2D eigenvalue weighted by Crippen LogP contribution is 2.28. The third-order valence-corrected chi connectivity index (χ3v) is 7.14. The van der Waals surface area contributed by atoms with Crippen LogP contribution in [-0.2, 0) is 11.2 Å². The van der Waals surface area contributed by atoms with Crippen LogP contribution in [0.15, 0.2) is 60.8 Å². The van der Waals surface area contributed by atoms with Crippen molar-refractivity contribution < 1.29 is 23.4 Å². The van der Waals surface area contributed by atoms with Crippen LogP contribution in [0.1, 0.15) is 49.3 Å². The number of aromatic nitrogens is 1. The lowest BCUT2D eigenvalue weighted by atomic mass is 10.0. The number of halogens is 2. The molecule has 1 saturated heterocycles. The number of carbonyl (C=O) groups is 1. The zero-order valence-corrected chi connectivity index (χ0v) is 20.8. The number of alkyl halides is 2. The van der Waals surface area contributed by atoms with E-state index in [1.54, 1.807) is 12.1 Å². The van der Waals surface area contributed by atoms with Crippen LogP contribution in [0.4, 0.5) is 8.78 Å². The molecule has 1 amide bonds. The Morgan fingerprint density at radius 1 is 1.11 bits per heavy atom. The van der Waals surface area contributed by atoms with Crippen LogP contribution in [0.3, 0.4) is 0 Å². The summed E-state index contributed by atoms with van der Waals surface area (Å²) in [6, 6.07) is 15.8. The third kappa shape index (κ3) is 6.62. The van der Waals surface area contributed by atoms with Crippen molar-refractivity contribution in [3.05, 3.63) is 71.9 Å². The molecule has 37 heavy (non-hydrogen) atoms. The Balaban J connectivity index is 1.24. The molecule has 1 aromatic heterocycles. The summed E-state index contributed by atoms with van der Waals surface area (Å²) in [6.45, 7) is 1.90. The molecule has 0 radical (unpaired) electrons. The normalized spacial score (nSPS) is 18.0. The highest BCUT2D eigenvalue weighted by molar-refractivity contribution is 5.84. The Kier molecular flexibility index (Phi) is 7.67. The van der Waals surface area contributed by atoms with Gasteiger partial charge >= 0.3 is 5.92 Å². The number of nitrogens with one attached hydrogen (secondary N) is 1. The molecule has 2 aliphatic rings. The van der Waals surface area contributed by atoms with Crippen LogP contribution in [-0.4, -0.2) is 58.6 Å². The van der Waals surface area contributed by atoms with Gasteiger partial charge in [-0.1, -0.05) is 42.5 Å². The lowest BCUT2D eigenvalue weighted by Gasteiger charge is -2.30. The van der Waals surface area contributed by atoms with Gasteiger partial charge in [0.25, 0.3) is 5.91 Å². The number of rotatable bonds is 11. The first-order valence-corrected chi connectivity index (χ1v) is 13.1. The van der Waals surface area contributed by atoms with Crippen LogP contribution >= 0.6 is 0 Å². The van der Waals surface area contributed by atoms with E-state index >= 15 is 8.78 Å². The number of aryl methyl sites for hydroxylation is 1. The van der Waals surface area contributed by atoms with Gasteiger partial charge in [0.2, 0.25) is 5.88 Å². The lowest BCUT2D eigenvalue weighted by Crippen LogP contribution is -2.51. The summed E-state index contributed by atoms with van der Waals surface area (Å²) >= 11 is 0. The predicted octanol–water partition coefficient (Wildman–Crippen LogP) is 4.66. The molecule has 8 heteroatoms. The van der Waals surface area contributed by atoms with Gasteiger partial charge in [0.1, 0.15) is 12.2 Å². The summed E-state index contributed by atoms with van der Waals surface area (Å²) in [5.74, 6) is -4.47. The number of pyridine rings is 1. The summed E-state index contributed by atoms with van der Waals surface area (Å²) in [5, 5.41) is 15.6. The van der Waals surface area contributed by atoms with E-state index in [9.17, 15) is 9.90 Å². The molecular weight excluding hydrogens is 476 g/mol. The number of nitrogens with zero attached hydrogens (tertiary/aromatic N) is 2. The summed E-state index contributed by atoms with van der Waals surface area (Å²) in [5.41, 5.74) is 1.20. The van der Waals surface area contributed by atoms with Crippen LogP contribution in [0.25, 0.3) is 10.8 Å². The van der Waals surface area contributed by atoms with E-state index in [0.717, 1.165) is 55.1 Å². The van der Waals surface area contributed by atoms with E-state index in [0.29, 0.717) is 11.4 Å². The van der Waals surface area contributed by atoms with Gasteiger partial charge in [0.05, 0.1) is 6.04 Å². The van der Waals surface area contributed by atoms with Gasteiger partial charge in [-0.3, -0.25) is 4.79 Å². The highest BCUT2D eigenvalue weighted by Gasteiger charge is 2.40. The van der Waals surface area contributed by atoms with E-state index in [4.69, 9.17) is 4.74 Å². The molecule has 2 aromatic carbocycles. The molecule has 2 N–H and O–H groups in total. The van der Waals surface area contributed by atoms with Gasteiger partial charge in [-0.05, 0) is 67.6 Å². The fourth-order valence-corrected chi connectivity index (χ4v) is 4.78. The SMILES string of the molecule is O=C(N[C@H](CN1CCCC1)[C@H](O)c1ccc(OC2CC2)nc1)C(F)(F)CCc1ccc2ccccc2c1. The van der Waals surface area contributed by atoms with Gasteiger partial charge in [-0.2, -0.15) is 8.78 Å². The maximum Gasteiger partial charge on any atom is 0.324 e. The molecule has 1 saturated carbocycles. The predicted molar refractivity (Wildman–Crippen MR) is 138 cm³/mol. The number of amides is 1. The van der Waals surface area contributed by atoms with E-state index < -0.39 is 30.4 Å². The molecule has 2 atom stereocenters. The molecular formula is C29H33F2N3O3. The Morgan fingerprint density at radius 2 is 1.86 bits per heavy atom. The average Bonchev–Trinajstić information content (AvgIpc) is 3.57. The third-order valence-electron chi connectivity index (χ3n) is 7.14. The van der Waals surface area contributed by atoms with Gasteiger partial charge in [0.15, 0.2) is 0 Å². The maximum absolute atomic E-state index is 15.0. The zero-order valence-electron chi connectivity index (χ0n) is 20.8. The minimum atomic E-state index is -3.57. The molecule has 1 aliphatic carbocycles. The van der Waals surface area contributed by atoms with Crippen LogP contribution in [0.2, 0.25) is 0 Å². The Morgan fingerprint density at radius 3 is 2.57 bits per heavy atom. The summed E-state index contributed by atoms with van der Waals surface area (Å²) in [6.07, 6.45) is 3.99. The number of likely N-dealkylation sites (tertiary alicyclic amines) is 1. The number of hydrogen-bond donors (Lipinski definition) is 2. The number of fused-ring (bicyclic) bond motifs is 1. The summed E-state index contributed by atoms with van der Waals surface area (Å²) < 4.78 is 35.7. The smallest absolute Gasteiger partial charge is 0.324 e. The Hall–Kier alpha value is -3.10. The van der Waals surface area contributed by atoms with Gasteiger partial charge < -0.3 is 20.1 Å². The molecule has 3 aromatic rings. The van der Waals surface area contributed by atoms with Crippen molar-refractivity contribution in [3.63, 3.8) is 0 Å². The van der Waals surface area contributed by atoms with Crippen molar-refractivity contribution in [1.82, 2.24) is 15.2 Å². The Bertz CT molecular complexity index is 1210. The second-order valence-corrected chi connectivity index (χ2v) is 10.2. The van der Waals surface area contributed by atoms with Crippen LogP contribution < -0.4 is 10.1 Å².